The highest BCUT2D eigenvalue weighted by molar-refractivity contribution is 9.10. The van der Waals surface area contributed by atoms with Gasteiger partial charge >= 0.3 is 0 Å². The van der Waals surface area contributed by atoms with Crippen molar-refractivity contribution in [1.82, 2.24) is 0 Å². The van der Waals surface area contributed by atoms with Gasteiger partial charge in [0.2, 0.25) is 5.91 Å². The second kappa shape index (κ2) is 6.24. The van der Waals surface area contributed by atoms with E-state index in [1.165, 1.54) is 0 Å². The van der Waals surface area contributed by atoms with Crippen LogP contribution < -0.4 is 11.1 Å². The van der Waals surface area contributed by atoms with E-state index in [2.05, 4.69) is 21.2 Å². The Labute approximate surface area is 113 Å². The van der Waals surface area contributed by atoms with E-state index in [1.54, 1.807) is 0 Å². The van der Waals surface area contributed by atoms with Gasteiger partial charge in [-0.3, -0.25) is 4.79 Å². The second-order valence-electron chi connectivity index (χ2n) is 4.32. The van der Waals surface area contributed by atoms with Crippen LogP contribution in [0.4, 0.5) is 14.5 Å². The van der Waals surface area contributed by atoms with Crippen LogP contribution in [0.15, 0.2) is 16.6 Å². The summed E-state index contributed by atoms with van der Waals surface area (Å²) in [5, 5.41) is 2.25. The summed E-state index contributed by atoms with van der Waals surface area (Å²) >= 11 is 2.97. The molecule has 1 aromatic carbocycles. The number of hydrogen-bond donors (Lipinski definition) is 2. The molecule has 0 aliphatic rings. The molecule has 0 bridgehead atoms. The highest BCUT2D eigenvalue weighted by Crippen LogP contribution is 2.24. The molecule has 0 radical (unpaired) electrons. The van der Waals surface area contributed by atoms with Crippen molar-refractivity contribution in [3.63, 3.8) is 0 Å². The third kappa shape index (κ3) is 3.49. The first-order valence-electron chi connectivity index (χ1n) is 5.52. The summed E-state index contributed by atoms with van der Waals surface area (Å²) in [6.07, 6.45) is 0. The number of nitrogens with two attached hydrogens (primary N) is 1. The first-order chi connectivity index (χ1) is 8.36. The van der Waals surface area contributed by atoms with Crippen molar-refractivity contribution in [2.45, 2.75) is 13.8 Å². The maximum absolute atomic E-state index is 13.5. The summed E-state index contributed by atoms with van der Waals surface area (Å²) in [7, 11) is 0. The highest BCUT2D eigenvalue weighted by atomic mass is 79.9. The minimum absolute atomic E-state index is 0.00318. The molecule has 18 heavy (non-hydrogen) atoms. The van der Waals surface area contributed by atoms with E-state index in [0.717, 1.165) is 12.1 Å². The van der Waals surface area contributed by atoms with Crippen molar-refractivity contribution < 1.29 is 13.6 Å². The number of carbonyl (C=O) groups is 1. The fraction of sp³-hybridized carbons (Fsp3) is 0.417. The predicted molar refractivity (Wildman–Crippen MR) is 70.1 cm³/mol. The Morgan fingerprint density at radius 3 is 2.28 bits per heavy atom. The molecule has 1 rings (SSSR count). The van der Waals surface area contributed by atoms with Crippen LogP contribution in [-0.2, 0) is 4.79 Å². The minimum Gasteiger partial charge on any atom is -0.330 e. The van der Waals surface area contributed by atoms with Crippen LogP contribution in [0, 0.1) is 23.5 Å². The van der Waals surface area contributed by atoms with Crippen LogP contribution >= 0.6 is 15.9 Å². The van der Waals surface area contributed by atoms with Gasteiger partial charge in [-0.2, -0.15) is 0 Å². The number of hydrogen-bond acceptors (Lipinski definition) is 2. The maximum Gasteiger partial charge on any atom is 0.229 e. The van der Waals surface area contributed by atoms with Gasteiger partial charge in [0.15, 0.2) is 11.6 Å². The Morgan fingerprint density at radius 1 is 1.39 bits per heavy atom. The number of benzene rings is 1. The molecule has 0 saturated heterocycles. The lowest BCUT2D eigenvalue weighted by atomic mass is 9.95. The molecule has 0 fully saturated rings. The number of nitrogens with one attached hydrogen (secondary N) is 1. The average Bonchev–Trinajstić information content (AvgIpc) is 2.23. The van der Waals surface area contributed by atoms with Crippen LogP contribution in [-0.4, -0.2) is 12.5 Å². The molecule has 0 heterocycles. The van der Waals surface area contributed by atoms with E-state index in [9.17, 15) is 13.6 Å². The normalized spacial score (nSPS) is 12.6. The van der Waals surface area contributed by atoms with Crippen LogP contribution in [0.25, 0.3) is 0 Å². The molecule has 1 amide bonds. The van der Waals surface area contributed by atoms with Gasteiger partial charge in [0, 0.05) is 11.0 Å². The van der Waals surface area contributed by atoms with Gasteiger partial charge in [-0.25, -0.2) is 8.78 Å². The molecule has 1 unspecified atom stereocenters. The molecule has 3 N–H and O–H groups in total. The average molecular weight is 321 g/mol. The zero-order chi connectivity index (χ0) is 13.9. The van der Waals surface area contributed by atoms with Gasteiger partial charge in [-0.15, -0.1) is 0 Å². The Balaban J connectivity index is 2.95. The lowest BCUT2D eigenvalue weighted by Gasteiger charge is -2.18. The third-order valence-electron chi connectivity index (χ3n) is 2.65. The summed E-state index contributed by atoms with van der Waals surface area (Å²) in [4.78, 5) is 11.8. The zero-order valence-corrected chi connectivity index (χ0v) is 11.7. The molecule has 0 aliphatic carbocycles. The van der Waals surface area contributed by atoms with Crippen molar-refractivity contribution in [3.05, 3.63) is 28.2 Å². The number of carbonyl (C=O) groups excluding carboxylic acids is 1. The van der Waals surface area contributed by atoms with E-state index < -0.39 is 29.1 Å². The number of anilines is 1. The molecule has 100 valence electrons. The lowest BCUT2D eigenvalue weighted by Crippen LogP contribution is -2.33. The molecule has 0 saturated carbocycles. The topological polar surface area (TPSA) is 55.1 Å². The van der Waals surface area contributed by atoms with Gasteiger partial charge in [-0.1, -0.05) is 29.8 Å². The van der Waals surface area contributed by atoms with Gasteiger partial charge in [-0.05, 0) is 18.1 Å². The molecular weight excluding hydrogens is 306 g/mol. The van der Waals surface area contributed by atoms with E-state index in [1.807, 2.05) is 13.8 Å². The van der Waals surface area contributed by atoms with Crippen molar-refractivity contribution >= 4 is 27.5 Å². The Morgan fingerprint density at radius 2 is 1.89 bits per heavy atom. The molecule has 3 nitrogen and oxygen atoms in total. The summed E-state index contributed by atoms with van der Waals surface area (Å²) < 4.78 is 27.3. The number of halogens is 3. The van der Waals surface area contributed by atoms with Gasteiger partial charge in [0.1, 0.15) is 5.69 Å². The quantitative estimate of drug-likeness (QED) is 0.896. The summed E-state index contributed by atoms with van der Waals surface area (Å²) in [6, 6.07) is 2.18. The molecule has 6 heteroatoms. The van der Waals surface area contributed by atoms with E-state index >= 15 is 0 Å². The van der Waals surface area contributed by atoms with Gasteiger partial charge < -0.3 is 11.1 Å². The minimum atomic E-state index is -0.824. The maximum atomic E-state index is 13.5. The zero-order valence-electron chi connectivity index (χ0n) is 10.1. The molecule has 0 aromatic heterocycles. The fourth-order valence-corrected chi connectivity index (χ4v) is 1.96. The van der Waals surface area contributed by atoms with E-state index in [4.69, 9.17) is 5.73 Å². The smallest absolute Gasteiger partial charge is 0.229 e. The molecule has 1 atom stereocenters. The van der Waals surface area contributed by atoms with Crippen LogP contribution in [0.2, 0.25) is 0 Å². The van der Waals surface area contributed by atoms with Crippen LogP contribution in [0.1, 0.15) is 13.8 Å². The monoisotopic (exact) mass is 320 g/mol. The molecule has 0 spiro atoms. The first-order valence-corrected chi connectivity index (χ1v) is 6.31. The fourth-order valence-electron chi connectivity index (χ4n) is 1.56. The Hall–Kier alpha value is -1.01. The Bertz CT molecular complexity index is 429. The lowest BCUT2D eigenvalue weighted by molar-refractivity contribution is -0.120. The summed E-state index contributed by atoms with van der Waals surface area (Å²) in [5.74, 6) is -2.61. The molecular formula is C12H15BrF2N2O. The highest BCUT2D eigenvalue weighted by Gasteiger charge is 2.23. The summed E-state index contributed by atoms with van der Waals surface area (Å²) in [5.41, 5.74) is 5.03. The predicted octanol–water partition coefficient (Wildman–Crippen LogP) is 2.90. The first kappa shape index (κ1) is 15.0. The number of amides is 1. The van der Waals surface area contributed by atoms with Crippen LogP contribution in [0.3, 0.4) is 0 Å². The molecule has 0 aliphatic heterocycles. The summed E-state index contributed by atoms with van der Waals surface area (Å²) in [6.45, 7) is 3.78. The second-order valence-corrected chi connectivity index (χ2v) is 5.24. The Kier molecular flexibility index (Phi) is 5.22. The van der Waals surface area contributed by atoms with Crippen molar-refractivity contribution in [2.75, 3.05) is 11.9 Å². The number of rotatable bonds is 4. The van der Waals surface area contributed by atoms with Gasteiger partial charge in [0.25, 0.3) is 0 Å². The largest absolute Gasteiger partial charge is 0.330 e. The van der Waals surface area contributed by atoms with Crippen molar-refractivity contribution in [2.24, 2.45) is 17.6 Å². The molecule has 1 aromatic rings. The standard InChI is InChI=1S/C12H15BrF2N2O/c1-6(2)8(5-16)12(18)17-11-9(14)3-7(13)4-10(11)15/h3-4,6,8H,5,16H2,1-2H3,(H,17,18). The van der Waals surface area contributed by atoms with E-state index in [-0.39, 0.29) is 16.9 Å². The van der Waals surface area contributed by atoms with E-state index in [0.29, 0.717) is 0 Å². The van der Waals surface area contributed by atoms with Crippen molar-refractivity contribution in [1.29, 1.82) is 0 Å². The van der Waals surface area contributed by atoms with Crippen molar-refractivity contribution in [3.8, 4) is 0 Å². The van der Waals surface area contributed by atoms with Crippen LogP contribution in [0.5, 0.6) is 0 Å². The SMILES string of the molecule is CC(C)C(CN)C(=O)Nc1c(F)cc(Br)cc1F. The van der Waals surface area contributed by atoms with Gasteiger partial charge in [0.05, 0.1) is 5.92 Å². The third-order valence-corrected chi connectivity index (χ3v) is 3.11.